The number of para-hydroxylation sites is 2. The SMILES string of the molecule is CCN(C)S(=O)(=O)Nc1ccccc1OCC(C)C. The fourth-order valence-electron chi connectivity index (χ4n) is 1.32. The zero-order valence-corrected chi connectivity index (χ0v) is 12.7. The highest BCUT2D eigenvalue weighted by Crippen LogP contribution is 2.25. The fourth-order valence-corrected chi connectivity index (χ4v) is 2.26. The first-order valence-corrected chi connectivity index (χ1v) is 7.76. The van der Waals surface area contributed by atoms with Crippen LogP contribution in [0, 0.1) is 5.92 Å². The first kappa shape index (κ1) is 15.8. The molecule has 0 bridgehead atoms. The van der Waals surface area contributed by atoms with Crippen molar-refractivity contribution in [2.75, 3.05) is 24.9 Å². The molecule has 0 radical (unpaired) electrons. The summed E-state index contributed by atoms with van der Waals surface area (Å²) in [5.74, 6) is 0.923. The van der Waals surface area contributed by atoms with E-state index in [1.165, 1.54) is 11.4 Å². The van der Waals surface area contributed by atoms with Crippen molar-refractivity contribution in [1.82, 2.24) is 4.31 Å². The summed E-state index contributed by atoms with van der Waals surface area (Å²) in [7, 11) is -1.99. The van der Waals surface area contributed by atoms with E-state index >= 15 is 0 Å². The Balaban J connectivity index is 2.89. The van der Waals surface area contributed by atoms with E-state index in [0.717, 1.165) is 0 Å². The van der Waals surface area contributed by atoms with Gasteiger partial charge in [0, 0.05) is 13.6 Å². The summed E-state index contributed by atoms with van der Waals surface area (Å²) in [4.78, 5) is 0. The van der Waals surface area contributed by atoms with Gasteiger partial charge in [0.25, 0.3) is 0 Å². The lowest BCUT2D eigenvalue weighted by atomic mass is 10.2. The van der Waals surface area contributed by atoms with Crippen LogP contribution < -0.4 is 9.46 Å². The third-order valence-electron chi connectivity index (χ3n) is 2.55. The van der Waals surface area contributed by atoms with Crippen molar-refractivity contribution in [2.45, 2.75) is 20.8 Å². The van der Waals surface area contributed by atoms with Crippen LogP contribution >= 0.6 is 0 Å². The molecule has 5 nitrogen and oxygen atoms in total. The van der Waals surface area contributed by atoms with Gasteiger partial charge in [-0.15, -0.1) is 0 Å². The Bertz CT molecular complexity index is 500. The van der Waals surface area contributed by atoms with Crippen LogP contribution in [0.1, 0.15) is 20.8 Å². The Morgan fingerprint density at radius 2 is 1.95 bits per heavy atom. The van der Waals surface area contributed by atoms with Crippen molar-refractivity contribution >= 4 is 15.9 Å². The molecule has 1 aromatic rings. The molecular weight excluding hydrogens is 264 g/mol. The third kappa shape index (κ3) is 4.72. The van der Waals surface area contributed by atoms with E-state index in [2.05, 4.69) is 4.72 Å². The van der Waals surface area contributed by atoms with Crippen LogP contribution in [0.5, 0.6) is 5.75 Å². The van der Waals surface area contributed by atoms with Gasteiger partial charge < -0.3 is 4.74 Å². The molecule has 1 aromatic carbocycles. The van der Waals surface area contributed by atoms with Crippen LogP contribution in [0.2, 0.25) is 0 Å². The predicted molar refractivity (Wildman–Crippen MR) is 77.6 cm³/mol. The summed E-state index contributed by atoms with van der Waals surface area (Å²) in [5.41, 5.74) is 0.462. The predicted octanol–water partition coefficient (Wildman–Crippen LogP) is 2.33. The topological polar surface area (TPSA) is 58.6 Å². The maximum atomic E-state index is 12.0. The average Bonchev–Trinajstić information content (AvgIpc) is 2.36. The van der Waals surface area contributed by atoms with Gasteiger partial charge in [0.15, 0.2) is 0 Å². The highest BCUT2D eigenvalue weighted by molar-refractivity contribution is 7.90. The zero-order valence-electron chi connectivity index (χ0n) is 11.9. The average molecular weight is 286 g/mol. The molecule has 0 saturated heterocycles. The minimum Gasteiger partial charge on any atom is -0.491 e. The summed E-state index contributed by atoms with van der Waals surface area (Å²) in [6.45, 7) is 6.81. The summed E-state index contributed by atoms with van der Waals surface area (Å²) in [6, 6.07) is 7.03. The Morgan fingerprint density at radius 3 is 2.53 bits per heavy atom. The molecule has 108 valence electrons. The first-order chi connectivity index (χ1) is 8.86. The molecule has 1 N–H and O–H groups in total. The van der Waals surface area contributed by atoms with Gasteiger partial charge in [0.1, 0.15) is 5.75 Å². The van der Waals surface area contributed by atoms with Crippen molar-refractivity contribution in [1.29, 1.82) is 0 Å². The monoisotopic (exact) mass is 286 g/mol. The van der Waals surface area contributed by atoms with Gasteiger partial charge >= 0.3 is 10.2 Å². The van der Waals surface area contributed by atoms with Crippen LogP contribution in [-0.2, 0) is 10.2 Å². The van der Waals surface area contributed by atoms with Gasteiger partial charge in [-0.3, -0.25) is 4.72 Å². The van der Waals surface area contributed by atoms with Gasteiger partial charge in [-0.2, -0.15) is 12.7 Å². The molecule has 0 aromatic heterocycles. The van der Waals surface area contributed by atoms with Crippen LogP contribution in [0.3, 0.4) is 0 Å². The van der Waals surface area contributed by atoms with Crippen molar-refractivity contribution in [2.24, 2.45) is 5.92 Å². The molecule has 0 aliphatic rings. The summed E-state index contributed by atoms with van der Waals surface area (Å²) < 4.78 is 33.4. The second-order valence-electron chi connectivity index (χ2n) is 4.72. The molecule has 0 amide bonds. The molecule has 0 atom stereocenters. The number of benzene rings is 1. The highest BCUT2D eigenvalue weighted by atomic mass is 32.2. The normalized spacial score (nSPS) is 11.9. The minimum absolute atomic E-state index is 0.378. The molecule has 0 aliphatic heterocycles. The van der Waals surface area contributed by atoms with Crippen LogP contribution in [0.15, 0.2) is 24.3 Å². The number of hydrogen-bond acceptors (Lipinski definition) is 3. The van der Waals surface area contributed by atoms with Gasteiger partial charge in [0.2, 0.25) is 0 Å². The molecule has 0 heterocycles. The highest BCUT2D eigenvalue weighted by Gasteiger charge is 2.17. The van der Waals surface area contributed by atoms with Crippen molar-refractivity contribution in [3.8, 4) is 5.75 Å². The van der Waals surface area contributed by atoms with E-state index in [1.54, 1.807) is 25.1 Å². The third-order valence-corrected chi connectivity index (χ3v) is 4.11. The van der Waals surface area contributed by atoms with Gasteiger partial charge in [0.05, 0.1) is 12.3 Å². The number of ether oxygens (including phenoxy) is 1. The molecule has 0 saturated carbocycles. The maximum absolute atomic E-state index is 12.0. The molecule has 6 heteroatoms. The van der Waals surface area contributed by atoms with Gasteiger partial charge in [-0.1, -0.05) is 32.9 Å². The smallest absolute Gasteiger partial charge is 0.301 e. The zero-order chi connectivity index (χ0) is 14.5. The number of nitrogens with one attached hydrogen (secondary N) is 1. The summed E-state index contributed by atoms with van der Waals surface area (Å²) >= 11 is 0. The molecule has 0 spiro atoms. The van der Waals surface area contributed by atoms with Crippen LogP contribution in [0.4, 0.5) is 5.69 Å². The van der Waals surface area contributed by atoms with E-state index in [-0.39, 0.29) is 0 Å². The second kappa shape index (κ2) is 6.77. The van der Waals surface area contributed by atoms with Gasteiger partial charge in [-0.25, -0.2) is 0 Å². The lowest BCUT2D eigenvalue weighted by Crippen LogP contribution is -2.32. The Kier molecular flexibility index (Phi) is 5.62. The molecule has 0 unspecified atom stereocenters. The van der Waals surface area contributed by atoms with E-state index < -0.39 is 10.2 Å². The number of nitrogens with zero attached hydrogens (tertiary/aromatic N) is 1. The molecule has 0 aliphatic carbocycles. The van der Waals surface area contributed by atoms with Crippen molar-refractivity contribution < 1.29 is 13.2 Å². The first-order valence-electron chi connectivity index (χ1n) is 6.32. The van der Waals surface area contributed by atoms with E-state index in [9.17, 15) is 8.42 Å². The van der Waals surface area contributed by atoms with E-state index in [0.29, 0.717) is 30.5 Å². The van der Waals surface area contributed by atoms with E-state index in [4.69, 9.17) is 4.74 Å². The molecule has 0 fully saturated rings. The Hall–Kier alpha value is -1.27. The Morgan fingerprint density at radius 1 is 1.32 bits per heavy atom. The Labute approximate surface area is 115 Å². The lowest BCUT2D eigenvalue weighted by molar-refractivity contribution is 0.272. The molecular formula is C13H22N2O3S. The van der Waals surface area contributed by atoms with Crippen LogP contribution in [-0.4, -0.2) is 32.9 Å². The molecule has 19 heavy (non-hydrogen) atoms. The van der Waals surface area contributed by atoms with Crippen LogP contribution in [0.25, 0.3) is 0 Å². The maximum Gasteiger partial charge on any atom is 0.301 e. The lowest BCUT2D eigenvalue weighted by Gasteiger charge is -2.18. The number of hydrogen-bond donors (Lipinski definition) is 1. The van der Waals surface area contributed by atoms with Crippen molar-refractivity contribution in [3.05, 3.63) is 24.3 Å². The van der Waals surface area contributed by atoms with Crippen molar-refractivity contribution in [3.63, 3.8) is 0 Å². The minimum atomic E-state index is -3.52. The largest absolute Gasteiger partial charge is 0.491 e. The fraction of sp³-hybridized carbons (Fsp3) is 0.538. The second-order valence-corrected chi connectivity index (χ2v) is 6.50. The summed E-state index contributed by atoms with van der Waals surface area (Å²) in [6.07, 6.45) is 0. The quantitative estimate of drug-likeness (QED) is 0.837. The van der Waals surface area contributed by atoms with E-state index in [1.807, 2.05) is 19.9 Å². The number of anilines is 1. The van der Waals surface area contributed by atoms with Gasteiger partial charge in [-0.05, 0) is 18.1 Å². The number of rotatable bonds is 7. The molecule has 1 rings (SSSR count). The standard InChI is InChI=1S/C13H22N2O3S/c1-5-15(4)19(16,17)14-12-8-6-7-9-13(12)18-10-11(2)3/h6-9,11,14H,5,10H2,1-4H3. The summed E-state index contributed by atoms with van der Waals surface area (Å²) in [5, 5.41) is 0.